The summed E-state index contributed by atoms with van der Waals surface area (Å²) in [5.74, 6) is -8.74. The summed E-state index contributed by atoms with van der Waals surface area (Å²) >= 11 is 0. The van der Waals surface area contributed by atoms with Crippen LogP contribution in [-0.2, 0) is 66.3 Å². The molecule has 588 valence electrons. The van der Waals surface area contributed by atoms with Crippen LogP contribution >= 0.6 is 0 Å². The molecule has 28 nitrogen and oxygen atoms in total. The van der Waals surface area contributed by atoms with Crippen LogP contribution in [0.5, 0.6) is 0 Å². The Bertz CT molecular complexity index is 3270. The van der Waals surface area contributed by atoms with Crippen LogP contribution < -0.4 is 0 Å². The van der Waals surface area contributed by atoms with Crippen molar-refractivity contribution in [3.05, 3.63) is 248 Å². The minimum absolute atomic E-state index is 0.0316. The summed E-state index contributed by atoms with van der Waals surface area (Å²) in [5.41, 5.74) is 2.79. The molecule has 0 saturated heterocycles. The zero-order valence-corrected chi connectivity index (χ0v) is 61.4. The maximum atomic E-state index is 12.7. The van der Waals surface area contributed by atoms with Crippen molar-refractivity contribution < 1.29 is 133 Å². The highest BCUT2D eigenvalue weighted by molar-refractivity contribution is 5.98. The van der Waals surface area contributed by atoms with Crippen LogP contribution in [0.3, 0.4) is 0 Å². The molecule has 0 spiro atoms. The summed E-state index contributed by atoms with van der Waals surface area (Å²) in [6, 6.07) is 39.9. The number of hydrogen-bond acceptors (Lipinski definition) is 28. The quantitative estimate of drug-likeness (QED) is 0.100. The average Bonchev–Trinajstić information content (AvgIpc) is 0.912. The van der Waals surface area contributed by atoms with Gasteiger partial charge < -0.3 is 66.3 Å². The number of benzene rings is 7. The number of carbonyl (C=O) groups excluding carboxylic acids is 14. The lowest BCUT2D eigenvalue weighted by molar-refractivity contribution is 0.0427. The number of esters is 14. The van der Waals surface area contributed by atoms with Crippen LogP contribution in [0.15, 0.2) is 170 Å². The van der Waals surface area contributed by atoms with E-state index >= 15 is 0 Å². The molecule has 0 radical (unpaired) electrons. The van der Waals surface area contributed by atoms with Crippen molar-refractivity contribution >= 4 is 83.6 Å². The number of carbonyl (C=O) groups is 14. The van der Waals surface area contributed by atoms with Crippen LogP contribution in [0.4, 0.5) is 0 Å². The first kappa shape index (κ1) is 84.7. The fourth-order valence-electron chi connectivity index (χ4n) is 10.1. The number of ether oxygens (including phenoxy) is 14. The van der Waals surface area contributed by atoms with E-state index in [4.69, 9.17) is 66.3 Å². The fraction of sp³-hybridized carbons (Fsp3) is 0.333. The normalized spacial score (nSPS) is 17.0. The highest BCUT2D eigenvalue weighted by atomic mass is 16.6. The topological polar surface area (TPSA) is 368 Å². The summed E-state index contributed by atoms with van der Waals surface area (Å²) in [6.07, 6.45) is 5.29. The van der Waals surface area contributed by atoms with E-state index in [1.165, 1.54) is 170 Å². The molecule has 8 aliphatic heterocycles. The van der Waals surface area contributed by atoms with E-state index in [0.29, 0.717) is 89.9 Å². The van der Waals surface area contributed by atoms with Gasteiger partial charge in [-0.05, 0) is 260 Å². The van der Waals surface area contributed by atoms with Crippen molar-refractivity contribution in [2.75, 3.05) is 92.5 Å². The summed E-state index contributed by atoms with van der Waals surface area (Å²) in [7, 11) is 0. The Balaban J connectivity index is 0.727. The zero-order chi connectivity index (χ0) is 79.7. The molecule has 8 aliphatic rings. The highest BCUT2D eigenvalue weighted by Gasteiger charge is 2.20. The van der Waals surface area contributed by atoms with E-state index < -0.39 is 83.6 Å². The third-order valence-corrected chi connectivity index (χ3v) is 16.5. The minimum Gasteiger partial charge on any atom is -0.462 e. The Morgan fingerprint density at radius 2 is 0.161 bits per heavy atom. The summed E-state index contributed by atoms with van der Waals surface area (Å²) < 4.78 is 74.7. The molecule has 0 fully saturated rings. The molecule has 14 bridgehead atoms. The molecule has 7 aromatic carbocycles. The lowest BCUT2D eigenvalue weighted by atomic mass is 10.1. The van der Waals surface area contributed by atoms with Gasteiger partial charge in [-0.2, -0.15) is 0 Å². The number of fused-ring (bicyclic) bond motifs is 7. The smallest absolute Gasteiger partial charge is 0.338 e. The molecule has 0 aromatic heterocycles. The number of rotatable bonds is 0. The average molecular weight is 1540 g/mol. The maximum absolute atomic E-state index is 12.7. The van der Waals surface area contributed by atoms with Gasteiger partial charge in [0.25, 0.3) is 0 Å². The largest absolute Gasteiger partial charge is 0.462 e. The van der Waals surface area contributed by atoms with Crippen LogP contribution in [-0.4, -0.2) is 176 Å². The summed E-state index contributed by atoms with van der Waals surface area (Å²) in [4.78, 5) is 177. The Kier molecular flexibility index (Phi) is 35.2. The van der Waals surface area contributed by atoms with Gasteiger partial charge in [-0.15, -0.1) is 0 Å². The van der Waals surface area contributed by atoms with Crippen LogP contribution in [0.1, 0.15) is 235 Å². The SMILES string of the molecule is O=C1OCCCCOC(=O)c2ccc(cc2)C(=O)OCCCCOC(=O)c2ccc(cc2)C(=O)OCCCCOC(=O)c2ccc(cc2)C(=O)OCCCCOC(=O)c2ccc(cc2)C(=O)OCCCCOC(=O)c2ccc(cc2)C(=O)OCCCCOC(=O)c2ccc(cc2)C(=O)OCCCCOC(=O)c2ccc1cc2. The van der Waals surface area contributed by atoms with Crippen molar-refractivity contribution in [1.82, 2.24) is 0 Å². The Morgan fingerprint density at radius 1 is 0.107 bits per heavy atom. The zero-order valence-electron chi connectivity index (χ0n) is 61.4. The van der Waals surface area contributed by atoms with E-state index in [1.807, 2.05) is 0 Å². The molecular weight excluding hydrogens is 1460 g/mol. The van der Waals surface area contributed by atoms with Gasteiger partial charge in [-0.3, -0.25) is 0 Å². The second-order valence-electron chi connectivity index (χ2n) is 24.9. The van der Waals surface area contributed by atoms with Crippen molar-refractivity contribution in [3.63, 3.8) is 0 Å². The predicted molar refractivity (Wildman–Crippen MR) is 394 cm³/mol. The van der Waals surface area contributed by atoms with Gasteiger partial charge in [0.15, 0.2) is 0 Å². The first-order valence-electron chi connectivity index (χ1n) is 36.5. The van der Waals surface area contributed by atoms with Crippen molar-refractivity contribution in [3.8, 4) is 0 Å². The molecule has 0 atom stereocenters. The van der Waals surface area contributed by atoms with Gasteiger partial charge in [-0.1, -0.05) is 0 Å². The molecule has 112 heavy (non-hydrogen) atoms. The van der Waals surface area contributed by atoms with E-state index in [1.54, 1.807) is 0 Å². The Morgan fingerprint density at radius 3 is 0.214 bits per heavy atom. The predicted octanol–water partition coefficient (Wildman–Crippen LogP) is 12.6. The van der Waals surface area contributed by atoms with E-state index in [9.17, 15) is 67.1 Å². The molecule has 0 N–H and O–H groups in total. The molecule has 0 unspecified atom stereocenters. The molecule has 15 rings (SSSR count). The van der Waals surface area contributed by atoms with E-state index in [0.717, 1.165) is 0 Å². The monoisotopic (exact) mass is 1540 g/mol. The summed E-state index contributed by atoms with van der Waals surface area (Å²) in [6.45, 7) is 0.442. The second-order valence-corrected chi connectivity index (χ2v) is 24.9. The lowest BCUT2D eigenvalue weighted by Crippen LogP contribution is -2.12. The van der Waals surface area contributed by atoms with Crippen molar-refractivity contribution in [2.24, 2.45) is 0 Å². The highest BCUT2D eigenvalue weighted by Crippen LogP contribution is 2.18. The maximum Gasteiger partial charge on any atom is 0.338 e. The minimum atomic E-state index is -0.624. The van der Waals surface area contributed by atoms with Crippen molar-refractivity contribution in [2.45, 2.75) is 89.9 Å². The lowest BCUT2D eigenvalue weighted by Gasteiger charge is -2.09. The van der Waals surface area contributed by atoms with Gasteiger partial charge in [0, 0.05) is 0 Å². The first-order chi connectivity index (χ1) is 54.4. The standard InChI is InChI=1S/C84H84O28/c85-71-57-15-17-59(18-16-57)73(87)101-45-3-4-47-103-75(89)61-23-25-63(26-24-61)77(91)105-49-7-8-51-107-79(93)65-31-33-67(34-32-65)81(95)109-53-11-12-55-111-83(97)69-39-41-70(42-40-69)84(98)112-56-14-13-54-110-82(96)68-37-35-66(36-38-68)80(94)108-52-10-9-50-106-78(92)64-29-27-62(28-30-64)76(90)104-48-6-5-46-102-74(88)60-21-19-58(20-22-60)72(86)100-44-2-1-43-99-71/h15-42H,1-14,43-56H2. The third-order valence-electron chi connectivity index (χ3n) is 16.5. The van der Waals surface area contributed by atoms with Gasteiger partial charge in [0.05, 0.1) is 170 Å². The summed E-state index contributed by atoms with van der Waals surface area (Å²) in [5, 5.41) is 0. The first-order valence-corrected chi connectivity index (χ1v) is 36.5. The Labute approximate surface area is 644 Å². The Hall–Kier alpha value is -12.9. The fourth-order valence-corrected chi connectivity index (χ4v) is 10.1. The number of hydrogen-bond donors (Lipinski definition) is 0. The molecule has 0 aliphatic carbocycles. The molecule has 0 saturated carbocycles. The van der Waals surface area contributed by atoms with Gasteiger partial charge in [-0.25, -0.2) is 67.1 Å². The molecular formula is C84H84O28. The van der Waals surface area contributed by atoms with Gasteiger partial charge in [0.1, 0.15) is 0 Å². The van der Waals surface area contributed by atoms with Crippen LogP contribution in [0.25, 0.3) is 0 Å². The van der Waals surface area contributed by atoms with E-state index in [-0.39, 0.29) is 170 Å². The van der Waals surface area contributed by atoms with Gasteiger partial charge in [0.2, 0.25) is 0 Å². The molecule has 0 amide bonds. The second kappa shape index (κ2) is 46.5. The van der Waals surface area contributed by atoms with Crippen LogP contribution in [0.2, 0.25) is 0 Å². The van der Waals surface area contributed by atoms with E-state index in [2.05, 4.69) is 0 Å². The van der Waals surface area contributed by atoms with Gasteiger partial charge >= 0.3 is 83.6 Å². The molecule has 28 heteroatoms. The molecule has 7 aromatic rings. The van der Waals surface area contributed by atoms with Crippen molar-refractivity contribution in [1.29, 1.82) is 0 Å². The third kappa shape index (κ3) is 28.9. The van der Waals surface area contributed by atoms with Crippen LogP contribution in [0, 0.1) is 0 Å². The molecule has 8 heterocycles.